The second-order valence-electron chi connectivity index (χ2n) is 10.3. The maximum atomic E-state index is 6.67. The van der Waals surface area contributed by atoms with Crippen molar-refractivity contribution in [1.82, 2.24) is 24.3 Å². The molecule has 1 aliphatic carbocycles. The lowest BCUT2D eigenvalue weighted by Crippen LogP contribution is -2.49. The van der Waals surface area contributed by atoms with Gasteiger partial charge in [-0.1, -0.05) is 35.9 Å². The van der Waals surface area contributed by atoms with Crippen LogP contribution >= 0.6 is 11.6 Å². The maximum absolute atomic E-state index is 6.67. The number of para-hydroxylation sites is 1. The highest BCUT2D eigenvalue weighted by molar-refractivity contribution is 6.32. The van der Waals surface area contributed by atoms with Crippen molar-refractivity contribution in [1.29, 1.82) is 0 Å². The standard InChI is InChI=1S/C29H33ClN6O/c1-34-13-15-35(16-14-34)21-8-10-22(11-9-21)36-18-24(27-28(31)32-19-33-29(27)36)20-7-12-26(25(30)17-20)37-23-5-3-2-4-6-23/h2-7,12,17-19,21-22H,8-11,13-16H2,1H3,(H2,31,32,33). The van der Waals surface area contributed by atoms with Gasteiger partial charge in [0.15, 0.2) is 0 Å². The predicted molar refractivity (Wildman–Crippen MR) is 149 cm³/mol. The van der Waals surface area contributed by atoms with E-state index in [0.29, 0.717) is 28.7 Å². The average Bonchev–Trinajstić information content (AvgIpc) is 3.32. The summed E-state index contributed by atoms with van der Waals surface area (Å²) in [5.74, 6) is 1.86. The van der Waals surface area contributed by atoms with Gasteiger partial charge in [0.1, 0.15) is 29.3 Å². The summed E-state index contributed by atoms with van der Waals surface area (Å²) in [5.41, 5.74) is 9.28. The van der Waals surface area contributed by atoms with Crippen molar-refractivity contribution in [3.05, 3.63) is 66.1 Å². The number of hydrogen-bond acceptors (Lipinski definition) is 6. The first-order chi connectivity index (χ1) is 18.1. The van der Waals surface area contributed by atoms with Crippen LogP contribution in [0.4, 0.5) is 5.82 Å². The second kappa shape index (κ2) is 10.3. The van der Waals surface area contributed by atoms with Crippen molar-refractivity contribution in [3.63, 3.8) is 0 Å². The number of nitrogens with zero attached hydrogens (tertiary/aromatic N) is 5. The summed E-state index contributed by atoms with van der Waals surface area (Å²) < 4.78 is 8.31. The van der Waals surface area contributed by atoms with Gasteiger partial charge in [-0.25, -0.2) is 9.97 Å². The summed E-state index contributed by atoms with van der Waals surface area (Å²) >= 11 is 6.67. The SMILES string of the molecule is CN1CCN(C2CCC(n3cc(-c4ccc(Oc5ccccc5)c(Cl)c4)c4c(N)ncnc43)CC2)CC1. The summed E-state index contributed by atoms with van der Waals surface area (Å²) in [7, 11) is 2.22. The van der Waals surface area contributed by atoms with Gasteiger partial charge in [-0.15, -0.1) is 0 Å². The predicted octanol–water partition coefficient (Wildman–Crippen LogP) is 5.86. The zero-order valence-electron chi connectivity index (χ0n) is 21.2. The van der Waals surface area contributed by atoms with Gasteiger partial charge in [0, 0.05) is 50.0 Å². The molecule has 0 unspecified atom stereocenters. The van der Waals surface area contributed by atoms with Gasteiger partial charge in [0.25, 0.3) is 0 Å². The fourth-order valence-corrected chi connectivity index (χ4v) is 6.08. The minimum Gasteiger partial charge on any atom is -0.456 e. The van der Waals surface area contributed by atoms with Gasteiger partial charge >= 0.3 is 0 Å². The number of hydrogen-bond donors (Lipinski definition) is 1. The number of ether oxygens (including phenoxy) is 1. The Morgan fingerprint density at radius 2 is 1.65 bits per heavy atom. The lowest BCUT2D eigenvalue weighted by molar-refractivity contribution is 0.0828. The zero-order chi connectivity index (χ0) is 25.4. The minimum atomic E-state index is 0.394. The highest BCUT2D eigenvalue weighted by Gasteiger charge is 2.30. The molecule has 2 aliphatic rings. The second-order valence-corrected chi connectivity index (χ2v) is 10.7. The lowest BCUT2D eigenvalue weighted by atomic mass is 9.89. The Labute approximate surface area is 222 Å². The number of nitrogens with two attached hydrogens (primary N) is 1. The topological polar surface area (TPSA) is 72.4 Å². The first-order valence-electron chi connectivity index (χ1n) is 13.1. The molecule has 0 atom stereocenters. The number of fused-ring (bicyclic) bond motifs is 1. The average molecular weight is 517 g/mol. The van der Waals surface area contributed by atoms with Crippen molar-refractivity contribution in [2.24, 2.45) is 0 Å². The molecule has 0 amide bonds. The Balaban J connectivity index is 1.26. The van der Waals surface area contributed by atoms with E-state index in [1.54, 1.807) is 6.33 Å². The van der Waals surface area contributed by atoms with E-state index >= 15 is 0 Å². The van der Waals surface area contributed by atoms with Crippen LogP contribution in [0.5, 0.6) is 11.5 Å². The van der Waals surface area contributed by atoms with E-state index in [1.807, 2.05) is 48.5 Å². The molecule has 4 aromatic rings. The monoisotopic (exact) mass is 516 g/mol. The summed E-state index contributed by atoms with van der Waals surface area (Å²) in [4.78, 5) is 14.1. The molecule has 192 valence electrons. The van der Waals surface area contributed by atoms with Crippen LogP contribution < -0.4 is 10.5 Å². The highest BCUT2D eigenvalue weighted by atomic mass is 35.5. The number of piperazine rings is 1. The van der Waals surface area contributed by atoms with Crippen LogP contribution in [0.3, 0.4) is 0 Å². The molecule has 8 heteroatoms. The van der Waals surface area contributed by atoms with Gasteiger partial charge in [-0.2, -0.15) is 0 Å². The largest absolute Gasteiger partial charge is 0.456 e. The van der Waals surface area contributed by atoms with Gasteiger partial charge in [-0.05, 0) is 62.6 Å². The number of halogens is 1. The van der Waals surface area contributed by atoms with Crippen molar-refractivity contribution in [3.8, 4) is 22.6 Å². The summed E-state index contributed by atoms with van der Waals surface area (Å²) in [6.07, 6.45) is 8.45. The first kappa shape index (κ1) is 24.2. The fourth-order valence-electron chi connectivity index (χ4n) is 5.86. The van der Waals surface area contributed by atoms with Crippen molar-refractivity contribution < 1.29 is 4.74 Å². The third-order valence-corrected chi connectivity index (χ3v) is 8.26. The smallest absolute Gasteiger partial charge is 0.146 e. The Hall–Kier alpha value is -3.13. The molecule has 2 aromatic carbocycles. The molecule has 2 fully saturated rings. The Kier molecular flexibility index (Phi) is 6.76. The van der Waals surface area contributed by atoms with E-state index < -0.39 is 0 Å². The molecule has 1 saturated heterocycles. The van der Waals surface area contributed by atoms with Crippen LogP contribution in [0.15, 0.2) is 61.1 Å². The summed E-state index contributed by atoms with van der Waals surface area (Å²) in [6, 6.07) is 16.6. The molecule has 0 radical (unpaired) electrons. The number of nitrogen functional groups attached to an aromatic ring is 1. The molecule has 2 aromatic heterocycles. The van der Waals surface area contributed by atoms with Gasteiger partial charge in [0.2, 0.25) is 0 Å². The van der Waals surface area contributed by atoms with Crippen molar-refractivity contribution in [2.75, 3.05) is 39.0 Å². The number of likely N-dealkylation sites (N-methyl/N-ethyl adjacent to an activating group) is 1. The van der Waals surface area contributed by atoms with E-state index in [0.717, 1.165) is 40.8 Å². The number of rotatable bonds is 5. The molecule has 2 N–H and O–H groups in total. The quantitative estimate of drug-likeness (QED) is 0.358. The fraction of sp³-hybridized carbons (Fsp3) is 0.379. The molecule has 0 spiro atoms. The minimum absolute atomic E-state index is 0.394. The Morgan fingerprint density at radius 1 is 0.919 bits per heavy atom. The van der Waals surface area contributed by atoms with Crippen LogP contribution in [0.25, 0.3) is 22.2 Å². The van der Waals surface area contributed by atoms with Crippen molar-refractivity contribution >= 4 is 28.5 Å². The molecule has 1 saturated carbocycles. The molecule has 7 nitrogen and oxygen atoms in total. The Bertz CT molecular complexity index is 1370. The van der Waals surface area contributed by atoms with Gasteiger partial charge in [-0.3, -0.25) is 4.90 Å². The normalized spacial score (nSPS) is 21.4. The van der Waals surface area contributed by atoms with E-state index in [-0.39, 0.29) is 0 Å². The molecule has 37 heavy (non-hydrogen) atoms. The maximum Gasteiger partial charge on any atom is 0.146 e. The first-order valence-corrected chi connectivity index (χ1v) is 13.5. The molecule has 6 rings (SSSR count). The number of benzene rings is 2. The molecule has 0 bridgehead atoms. The van der Waals surface area contributed by atoms with Crippen LogP contribution in [0.1, 0.15) is 31.7 Å². The number of aromatic nitrogens is 3. The third kappa shape index (κ3) is 4.91. The van der Waals surface area contributed by atoms with Crippen LogP contribution in [-0.4, -0.2) is 63.6 Å². The molecular weight excluding hydrogens is 484 g/mol. The summed E-state index contributed by atoms with van der Waals surface area (Å²) in [6.45, 7) is 4.69. The van der Waals surface area contributed by atoms with Gasteiger partial charge < -0.3 is 19.9 Å². The third-order valence-electron chi connectivity index (χ3n) is 7.97. The van der Waals surface area contributed by atoms with E-state index in [4.69, 9.17) is 22.1 Å². The Morgan fingerprint density at radius 3 is 2.38 bits per heavy atom. The van der Waals surface area contributed by atoms with Gasteiger partial charge in [0.05, 0.1) is 10.4 Å². The zero-order valence-corrected chi connectivity index (χ0v) is 21.9. The van der Waals surface area contributed by atoms with Crippen LogP contribution in [0, 0.1) is 0 Å². The summed E-state index contributed by atoms with van der Waals surface area (Å²) in [5, 5.41) is 1.43. The molecule has 3 heterocycles. The van der Waals surface area contributed by atoms with E-state index in [2.05, 4.69) is 37.6 Å². The van der Waals surface area contributed by atoms with E-state index in [9.17, 15) is 0 Å². The van der Waals surface area contributed by atoms with Crippen LogP contribution in [-0.2, 0) is 0 Å². The van der Waals surface area contributed by atoms with Crippen molar-refractivity contribution in [2.45, 2.75) is 37.8 Å². The highest BCUT2D eigenvalue weighted by Crippen LogP contribution is 2.41. The molecule has 1 aliphatic heterocycles. The molecular formula is C29H33ClN6O. The van der Waals surface area contributed by atoms with E-state index in [1.165, 1.54) is 39.0 Å². The van der Waals surface area contributed by atoms with Crippen LogP contribution in [0.2, 0.25) is 5.02 Å². The lowest BCUT2D eigenvalue weighted by Gasteiger charge is -2.41. The number of anilines is 1.